The van der Waals surface area contributed by atoms with Crippen molar-refractivity contribution in [1.29, 1.82) is 0 Å². The minimum absolute atomic E-state index is 0.450. The molecule has 0 aromatic rings. The van der Waals surface area contributed by atoms with Crippen molar-refractivity contribution in [2.45, 2.75) is 37.1 Å². The molecular weight excluding hydrogens is 168 g/mol. The zero-order chi connectivity index (χ0) is 8.55. The molecule has 0 spiro atoms. The van der Waals surface area contributed by atoms with Gasteiger partial charge in [-0.25, -0.2) is 0 Å². The molecule has 0 amide bonds. The number of nitrogens with two attached hydrogens (primary N) is 1. The fourth-order valence-electron chi connectivity index (χ4n) is 2.20. The molecule has 0 radical (unpaired) electrons. The maximum Gasteiger partial charge on any atom is 0.0197 e. The van der Waals surface area contributed by atoms with Crippen molar-refractivity contribution in [3.8, 4) is 0 Å². The van der Waals surface area contributed by atoms with Crippen LogP contribution < -0.4 is 5.73 Å². The highest BCUT2D eigenvalue weighted by Gasteiger charge is 2.31. The van der Waals surface area contributed by atoms with Crippen molar-refractivity contribution < 1.29 is 0 Å². The van der Waals surface area contributed by atoms with Gasteiger partial charge in [0.15, 0.2) is 0 Å². The molecule has 0 aromatic carbocycles. The molecule has 0 bridgehead atoms. The molecule has 0 aliphatic carbocycles. The van der Waals surface area contributed by atoms with Crippen molar-refractivity contribution in [3.05, 3.63) is 0 Å². The summed E-state index contributed by atoms with van der Waals surface area (Å²) in [4.78, 5) is 2.58. The van der Waals surface area contributed by atoms with Crippen LogP contribution in [0.3, 0.4) is 0 Å². The molecule has 2 N–H and O–H groups in total. The van der Waals surface area contributed by atoms with Crippen LogP contribution in [0, 0.1) is 0 Å². The summed E-state index contributed by atoms with van der Waals surface area (Å²) < 4.78 is 0. The first-order valence-electron chi connectivity index (χ1n) is 4.87. The van der Waals surface area contributed by atoms with E-state index in [1.54, 1.807) is 0 Å². The van der Waals surface area contributed by atoms with E-state index in [-0.39, 0.29) is 0 Å². The molecule has 2 saturated heterocycles. The summed E-state index contributed by atoms with van der Waals surface area (Å²) >= 11 is 2.11. The van der Waals surface area contributed by atoms with Gasteiger partial charge in [0.05, 0.1) is 0 Å². The molecule has 2 nitrogen and oxygen atoms in total. The number of rotatable bonds is 1. The van der Waals surface area contributed by atoms with Crippen LogP contribution in [-0.2, 0) is 0 Å². The molecule has 2 heterocycles. The Morgan fingerprint density at radius 1 is 1.50 bits per heavy atom. The highest BCUT2D eigenvalue weighted by atomic mass is 32.2. The molecule has 2 fully saturated rings. The summed E-state index contributed by atoms with van der Waals surface area (Å²) in [5.41, 5.74) is 5.88. The summed E-state index contributed by atoms with van der Waals surface area (Å²) in [6.07, 6.45) is 2.58. The van der Waals surface area contributed by atoms with Crippen LogP contribution in [0.4, 0.5) is 0 Å². The third-order valence-electron chi connectivity index (χ3n) is 2.95. The van der Waals surface area contributed by atoms with Crippen molar-refractivity contribution in [2.24, 2.45) is 5.73 Å². The number of thioether (sulfide) groups is 1. The molecule has 3 atom stereocenters. The second kappa shape index (κ2) is 3.56. The zero-order valence-electron chi connectivity index (χ0n) is 7.70. The Labute approximate surface area is 78.9 Å². The summed E-state index contributed by atoms with van der Waals surface area (Å²) in [6.45, 7) is 4.71. The van der Waals surface area contributed by atoms with E-state index in [0.717, 1.165) is 17.8 Å². The SMILES string of the molecule is CC1CC(N2CCC(N)C2)CS1. The average molecular weight is 186 g/mol. The summed E-state index contributed by atoms with van der Waals surface area (Å²) in [6, 6.07) is 1.28. The van der Waals surface area contributed by atoms with E-state index in [9.17, 15) is 0 Å². The lowest BCUT2D eigenvalue weighted by molar-refractivity contribution is 0.256. The van der Waals surface area contributed by atoms with Crippen LogP contribution in [0.5, 0.6) is 0 Å². The van der Waals surface area contributed by atoms with Crippen LogP contribution in [0.15, 0.2) is 0 Å². The zero-order valence-corrected chi connectivity index (χ0v) is 8.52. The van der Waals surface area contributed by atoms with E-state index in [0.29, 0.717) is 6.04 Å². The number of likely N-dealkylation sites (tertiary alicyclic amines) is 1. The first-order chi connectivity index (χ1) is 5.75. The van der Waals surface area contributed by atoms with Crippen molar-refractivity contribution in [2.75, 3.05) is 18.8 Å². The highest BCUT2D eigenvalue weighted by molar-refractivity contribution is 8.00. The first-order valence-corrected chi connectivity index (χ1v) is 5.92. The van der Waals surface area contributed by atoms with E-state index < -0.39 is 0 Å². The van der Waals surface area contributed by atoms with E-state index in [1.807, 2.05) is 0 Å². The Bertz CT molecular complexity index is 145. The molecule has 2 aliphatic rings. The quantitative estimate of drug-likeness (QED) is 0.660. The van der Waals surface area contributed by atoms with Crippen molar-refractivity contribution in [1.82, 2.24) is 4.90 Å². The van der Waals surface area contributed by atoms with Crippen molar-refractivity contribution >= 4 is 11.8 Å². The van der Waals surface area contributed by atoms with Crippen LogP contribution >= 0.6 is 11.8 Å². The van der Waals surface area contributed by atoms with Crippen LogP contribution in [0.25, 0.3) is 0 Å². The van der Waals surface area contributed by atoms with E-state index in [1.165, 1.54) is 25.1 Å². The molecule has 70 valence electrons. The Kier molecular flexibility index (Phi) is 2.63. The minimum Gasteiger partial charge on any atom is -0.326 e. The molecule has 2 rings (SSSR count). The van der Waals surface area contributed by atoms with Gasteiger partial charge < -0.3 is 5.73 Å². The third-order valence-corrected chi connectivity index (χ3v) is 4.29. The molecule has 0 saturated carbocycles. The Morgan fingerprint density at radius 3 is 2.83 bits per heavy atom. The standard InChI is InChI=1S/C9H18N2S/c1-7-4-9(6-12-7)11-3-2-8(10)5-11/h7-9H,2-6,10H2,1H3. The fourth-order valence-corrected chi connectivity index (χ4v) is 3.45. The predicted molar refractivity (Wildman–Crippen MR) is 54.5 cm³/mol. The van der Waals surface area contributed by atoms with E-state index in [2.05, 4.69) is 23.6 Å². The topological polar surface area (TPSA) is 29.3 Å². The van der Waals surface area contributed by atoms with Crippen LogP contribution in [-0.4, -0.2) is 41.1 Å². The summed E-state index contributed by atoms with van der Waals surface area (Å²) in [5.74, 6) is 1.33. The Morgan fingerprint density at radius 2 is 2.33 bits per heavy atom. The van der Waals surface area contributed by atoms with Gasteiger partial charge >= 0.3 is 0 Å². The summed E-state index contributed by atoms with van der Waals surface area (Å²) in [7, 11) is 0. The second-order valence-electron chi connectivity index (χ2n) is 4.08. The molecule has 3 unspecified atom stereocenters. The molecule has 2 aliphatic heterocycles. The first kappa shape index (κ1) is 8.85. The van der Waals surface area contributed by atoms with Gasteiger partial charge in [-0.1, -0.05) is 6.92 Å². The monoisotopic (exact) mass is 186 g/mol. The predicted octanol–water partition coefficient (Wildman–Crippen LogP) is 0.913. The normalized spacial score (nSPS) is 44.0. The molecule has 3 heteroatoms. The van der Waals surface area contributed by atoms with Crippen LogP contribution in [0.1, 0.15) is 19.8 Å². The largest absolute Gasteiger partial charge is 0.326 e. The number of hydrogen-bond donors (Lipinski definition) is 1. The second-order valence-corrected chi connectivity index (χ2v) is 5.55. The average Bonchev–Trinajstić information content (AvgIpc) is 2.58. The lowest BCUT2D eigenvalue weighted by atomic mass is 10.2. The lowest BCUT2D eigenvalue weighted by Gasteiger charge is -2.22. The maximum absolute atomic E-state index is 5.88. The van der Waals surface area contributed by atoms with Gasteiger partial charge in [-0.05, 0) is 12.8 Å². The Balaban J connectivity index is 1.85. The number of hydrogen-bond acceptors (Lipinski definition) is 3. The van der Waals surface area contributed by atoms with E-state index in [4.69, 9.17) is 5.73 Å². The Hall–Kier alpha value is 0.270. The molecule has 0 aromatic heterocycles. The lowest BCUT2D eigenvalue weighted by Crippen LogP contribution is -2.35. The fraction of sp³-hybridized carbons (Fsp3) is 1.00. The van der Waals surface area contributed by atoms with Crippen molar-refractivity contribution in [3.63, 3.8) is 0 Å². The highest BCUT2D eigenvalue weighted by Crippen LogP contribution is 2.30. The molecular formula is C9H18N2S. The van der Waals surface area contributed by atoms with Gasteiger partial charge in [-0.15, -0.1) is 0 Å². The van der Waals surface area contributed by atoms with Gasteiger partial charge in [0.2, 0.25) is 0 Å². The van der Waals surface area contributed by atoms with Gasteiger partial charge in [-0.2, -0.15) is 11.8 Å². The van der Waals surface area contributed by atoms with Gasteiger partial charge in [0.1, 0.15) is 0 Å². The smallest absolute Gasteiger partial charge is 0.0197 e. The van der Waals surface area contributed by atoms with Gasteiger partial charge in [0.25, 0.3) is 0 Å². The third kappa shape index (κ3) is 1.78. The number of nitrogens with zero attached hydrogens (tertiary/aromatic N) is 1. The minimum atomic E-state index is 0.450. The van der Waals surface area contributed by atoms with Gasteiger partial charge in [0, 0.05) is 36.2 Å². The van der Waals surface area contributed by atoms with Crippen LogP contribution in [0.2, 0.25) is 0 Å². The van der Waals surface area contributed by atoms with Gasteiger partial charge in [-0.3, -0.25) is 4.90 Å². The molecule has 12 heavy (non-hydrogen) atoms. The maximum atomic E-state index is 5.88. The van der Waals surface area contributed by atoms with E-state index >= 15 is 0 Å². The summed E-state index contributed by atoms with van der Waals surface area (Å²) in [5, 5.41) is 0.867.